The molecule has 45 heavy (non-hydrogen) atoms. The first-order valence-electron chi connectivity index (χ1n) is 14.7. The van der Waals surface area contributed by atoms with E-state index in [1.807, 2.05) is 54.6 Å². The Balaban J connectivity index is 1.50. The van der Waals surface area contributed by atoms with Crippen LogP contribution >= 0.6 is 23.2 Å². The van der Waals surface area contributed by atoms with Gasteiger partial charge >= 0.3 is 0 Å². The third kappa shape index (κ3) is 8.11. The standard InChI is InChI=1S/C36H33Cl2FN2O4/c37-28-13-18-31(32(38)24-28)33-36(20-4-8-25-6-2-1-3-7-25,35(43)40-21-19-26-9-14-29(39)15-10-26)41-34(45-33)27-11-16-30(17-12-27)44-23-5-22-42/h1-4,6-18,24,33,42H,5,19-23H2,(H,40,43)/b8-4+/t33-,36-/m1/s1. The number of hydrogen-bond acceptors (Lipinski definition) is 5. The Kier molecular flexibility index (Phi) is 10.9. The van der Waals surface area contributed by atoms with E-state index < -0.39 is 11.6 Å². The van der Waals surface area contributed by atoms with Crippen LogP contribution < -0.4 is 10.1 Å². The summed E-state index contributed by atoms with van der Waals surface area (Å²) in [5, 5.41) is 12.9. The Morgan fingerprint density at radius 3 is 2.49 bits per heavy atom. The topological polar surface area (TPSA) is 80.2 Å². The molecule has 1 amide bonds. The van der Waals surface area contributed by atoms with E-state index in [9.17, 15) is 9.18 Å². The average Bonchev–Trinajstić information content (AvgIpc) is 3.43. The Bertz CT molecular complexity index is 1650. The summed E-state index contributed by atoms with van der Waals surface area (Å²) in [4.78, 5) is 19.3. The maximum atomic E-state index is 14.3. The minimum Gasteiger partial charge on any atom is -0.494 e. The van der Waals surface area contributed by atoms with E-state index in [0.717, 1.165) is 11.1 Å². The summed E-state index contributed by atoms with van der Waals surface area (Å²) >= 11 is 12.9. The molecule has 6 nitrogen and oxygen atoms in total. The molecular weight excluding hydrogens is 614 g/mol. The van der Waals surface area contributed by atoms with E-state index in [2.05, 4.69) is 5.32 Å². The molecule has 0 saturated carbocycles. The smallest absolute Gasteiger partial charge is 0.252 e. The minimum atomic E-state index is -1.42. The number of halogens is 3. The summed E-state index contributed by atoms with van der Waals surface area (Å²) in [5.41, 5.74) is 1.68. The second-order valence-corrected chi connectivity index (χ2v) is 11.4. The van der Waals surface area contributed by atoms with Crippen LogP contribution in [0.5, 0.6) is 5.75 Å². The van der Waals surface area contributed by atoms with Gasteiger partial charge in [0.15, 0.2) is 11.6 Å². The number of nitrogens with zero attached hydrogens (tertiary/aromatic N) is 1. The van der Waals surface area contributed by atoms with Crippen molar-refractivity contribution in [1.82, 2.24) is 5.32 Å². The van der Waals surface area contributed by atoms with E-state index >= 15 is 0 Å². The normalized spacial score (nSPS) is 17.6. The molecule has 9 heteroatoms. The predicted octanol–water partition coefficient (Wildman–Crippen LogP) is 7.61. The third-order valence-corrected chi connectivity index (χ3v) is 7.99. The van der Waals surface area contributed by atoms with Crippen molar-refractivity contribution in [2.75, 3.05) is 19.8 Å². The van der Waals surface area contributed by atoms with Gasteiger partial charge in [0, 0.05) is 47.2 Å². The highest BCUT2D eigenvalue weighted by Crippen LogP contribution is 2.45. The maximum Gasteiger partial charge on any atom is 0.252 e. The summed E-state index contributed by atoms with van der Waals surface area (Å²) in [6.45, 7) is 0.740. The summed E-state index contributed by atoms with van der Waals surface area (Å²) in [7, 11) is 0. The molecule has 0 radical (unpaired) electrons. The number of aliphatic hydroxyl groups is 1. The van der Waals surface area contributed by atoms with Gasteiger partial charge in [0.25, 0.3) is 5.91 Å². The van der Waals surface area contributed by atoms with Gasteiger partial charge in [0.2, 0.25) is 5.90 Å². The lowest BCUT2D eigenvalue weighted by Crippen LogP contribution is -2.48. The van der Waals surface area contributed by atoms with Crippen LogP contribution in [0.1, 0.15) is 41.2 Å². The molecule has 0 spiro atoms. The van der Waals surface area contributed by atoms with Crippen LogP contribution in [-0.2, 0) is 16.0 Å². The number of carbonyl (C=O) groups is 1. The van der Waals surface area contributed by atoms with Crippen molar-refractivity contribution in [3.63, 3.8) is 0 Å². The maximum absolute atomic E-state index is 14.3. The molecule has 0 saturated heterocycles. The first-order chi connectivity index (χ1) is 21.9. The quantitative estimate of drug-likeness (QED) is 0.147. The molecule has 1 heterocycles. The number of aliphatic imine (C=N–C) groups is 1. The van der Waals surface area contributed by atoms with Crippen LogP contribution in [0.2, 0.25) is 10.0 Å². The van der Waals surface area contributed by atoms with Crippen LogP contribution in [0.25, 0.3) is 6.08 Å². The van der Waals surface area contributed by atoms with E-state index in [1.54, 1.807) is 42.5 Å². The second kappa shape index (κ2) is 15.2. The predicted molar refractivity (Wildman–Crippen MR) is 176 cm³/mol. The Morgan fingerprint density at radius 2 is 1.78 bits per heavy atom. The first-order valence-corrected chi connectivity index (χ1v) is 15.4. The molecule has 4 aromatic rings. The van der Waals surface area contributed by atoms with E-state index in [0.29, 0.717) is 52.9 Å². The van der Waals surface area contributed by atoms with Crippen molar-refractivity contribution in [3.05, 3.63) is 141 Å². The molecule has 5 rings (SSSR count). The van der Waals surface area contributed by atoms with Crippen LogP contribution in [0.15, 0.2) is 108 Å². The molecule has 2 N–H and O–H groups in total. The van der Waals surface area contributed by atoms with Gasteiger partial charge in [0.05, 0.1) is 6.61 Å². The highest BCUT2D eigenvalue weighted by atomic mass is 35.5. The number of aliphatic hydroxyl groups excluding tert-OH is 1. The molecule has 232 valence electrons. The van der Waals surface area contributed by atoms with Gasteiger partial charge in [-0.2, -0.15) is 0 Å². The number of rotatable bonds is 13. The summed E-state index contributed by atoms with van der Waals surface area (Å²) < 4.78 is 25.6. The largest absolute Gasteiger partial charge is 0.494 e. The molecule has 0 fully saturated rings. The molecule has 4 aromatic carbocycles. The zero-order valence-corrected chi connectivity index (χ0v) is 26.0. The summed E-state index contributed by atoms with van der Waals surface area (Å²) in [6, 6.07) is 28.3. The molecule has 1 aliphatic rings. The van der Waals surface area contributed by atoms with Crippen molar-refractivity contribution in [1.29, 1.82) is 0 Å². The summed E-state index contributed by atoms with van der Waals surface area (Å²) in [6.07, 6.45) is 4.23. The van der Waals surface area contributed by atoms with Crippen LogP contribution in [0, 0.1) is 5.82 Å². The molecule has 0 aliphatic carbocycles. The van der Waals surface area contributed by atoms with Crippen molar-refractivity contribution < 1.29 is 23.8 Å². The van der Waals surface area contributed by atoms with Gasteiger partial charge in [-0.05, 0) is 66.1 Å². The fourth-order valence-corrected chi connectivity index (χ4v) is 5.58. The number of ether oxygens (including phenoxy) is 2. The number of benzene rings is 4. The van der Waals surface area contributed by atoms with Crippen molar-refractivity contribution in [2.24, 2.45) is 4.99 Å². The zero-order valence-electron chi connectivity index (χ0n) is 24.5. The lowest BCUT2D eigenvalue weighted by atomic mass is 9.84. The first kappa shape index (κ1) is 32.2. The molecule has 0 aromatic heterocycles. The van der Waals surface area contributed by atoms with Crippen molar-refractivity contribution >= 4 is 41.1 Å². The van der Waals surface area contributed by atoms with Gasteiger partial charge in [-0.15, -0.1) is 0 Å². The van der Waals surface area contributed by atoms with Gasteiger partial charge in [-0.3, -0.25) is 4.79 Å². The number of hydrogen-bond donors (Lipinski definition) is 2. The van der Waals surface area contributed by atoms with Gasteiger partial charge in [0.1, 0.15) is 11.6 Å². The Hall–Kier alpha value is -4.17. The number of carbonyl (C=O) groups excluding carboxylic acids is 1. The van der Waals surface area contributed by atoms with E-state index in [1.165, 1.54) is 12.1 Å². The number of amides is 1. The van der Waals surface area contributed by atoms with Crippen LogP contribution in [0.4, 0.5) is 4.39 Å². The Morgan fingerprint density at radius 1 is 1.02 bits per heavy atom. The SMILES string of the molecule is O=C(NCCc1ccc(F)cc1)[C@]1(C/C=C/c2ccccc2)N=C(c2ccc(OCCCO)cc2)O[C@@H]1c1ccc(Cl)cc1Cl. The molecule has 1 aliphatic heterocycles. The monoisotopic (exact) mass is 646 g/mol. The molecule has 0 unspecified atom stereocenters. The lowest BCUT2D eigenvalue weighted by Gasteiger charge is -2.30. The van der Waals surface area contributed by atoms with Crippen LogP contribution in [-0.4, -0.2) is 42.2 Å². The third-order valence-electron chi connectivity index (χ3n) is 7.43. The highest BCUT2D eigenvalue weighted by Gasteiger charge is 2.53. The van der Waals surface area contributed by atoms with Gasteiger partial charge in [-0.25, -0.2) is 9.38 Å². The zero-order chi connectivity index (χ0) is 31.6. The fourth-order valence-electron chi connectivity index (χ4n) is 5.07. The van der Waals surface area contributed by atoms with Crippen molar-refractivity contribution in [3.8, 4) is 5.75 Å². The van der Waals surface area contributed by atoms with Gasteiger partial charge < -0.3 is 19.9 Å². The fraction of sp³-hybridized carbons (Fsp3) is 0.222. The lowest BCUT2D eigenvalue weighted by molar-refractivity contribution is -0.128. The second-order valence-electron chi connectivity index (χ2n) is 10.6. The minimum absolute atomic E-state index is 0.0458. The van der Waals surface area contributed by atoms with Crippen LogP contribution in [0.3, 0.4) is 0 Å². The van der Waals surface area contributed by atoms with E-state index in [-0.39, 0.29) is 30.6 Å². The molecular formula is C36H33Cl2FN2O4. The average molecular weight is 648 g/mol. The Labute approximate surface area is 272 Å². The number of nitrogens with one attached hydrogen (secondary N) is 1. The van der Waals surface area contributed by atoms with Gasteiger partial charge in [-0.1, -0.05) is 83.9 Å². The van der Waals surface area contributed by atoms with Crippen molar-refractivity contribution in [2.45, 2.75) is 30.9 Å². The molecule has 0 bridgehead atoms. The highest BCUT2D eigenvalue weighted by molar-refractivity contribution is 6.35. The molecule has 2 atom stereocenters. The van der Waals surface area contributed by atoms with E-state index in [4.69, 9.17) is 42.8 Å². The summed E-state index contributed by atoms with van der Waals surface area (Å²) in [5.74, 6) is 0.273.